The van der Waals surface area contributed by atoms with E-state index in [2.05, 4.69) is 0 Å². The predicted octanol–water partition coefficient (Wildman–Crippen LogP) is 0.932. The summed E-state index contributed by atoms with van der Waals surface area (Å²) in [5.41, 5.74) is 8.04. The minimum absolute atomic E-state index is 0.0248. The van der Waals surface area contributed by atoms with Crippen molar-refractivity contribution in [1.29, 1.82) is 0 Å². The number of rotatable bonds is 3. The number of aliphatic hydroxyl groups excluding tert-OH is 1. The highest BCUT2D eigenvalue weighted by Gasteiger charge is 2.28. The lowest BCUT2D eigenvalue weighted by atomic mass is 10.1. The zero-order valence-corrected chi connectivity index (χ0v) is 11.5. The second kappa shape index (κ2) is 5.48. The quantitative estimate of drug-likeness (QED) is 0.796. The summed E-state index contributed by atoms with van der Waals surface area (Å²) in [7, 11) is 3.82. The maximum atomic E-state index is 12.4. The first kappa shape index (κ1) is 13.7. The van der Waals surface area contributed by atoms with Crippen molar-refractivity contribution in [2.45, 2.75) is 18.9 Å². The standard InChI is InChI=1S/C14H21N3O2/c1-16(2)13-6-5-10(8-12(13)15)14(19)17-7-3-4-11(17)9-18/h5-6,8,11,18H,3-4,7,9,15H2,1-2H3/t11-/m0/s1. The average Bonchev–Trinajstić information content (AvgIpc) is 2.85. The molecule has 0 bridgehead atoms. The van der Waals surface area contributed by atoms with E-state index in [0.717, 1.165) is 18.5 Å². The van der Waals surface area contributed by atoms with Crippen LogP contribution in [0.5, 0.6) is 0 Å². The summed E-state index contributed by atoms with van der Waals surface area (Å²) in [5, 5.41) is 9.28. The molecule has 0 radical (unpaired) electrons. The Morgan fingerprint density at radius 1 is 1.53 bits per heavy atom. The van der Waals surface area contributed by atoms with Crippen molar-refractivity contribution in [2.24, 2.45) is 0 Å². The smallest absolute Gasteiger partial charge is 0.254 e. The zero-order valence-electron chi connectivity index (χ0n) is 11.5. The van der Waals surface area contributed by atoms with E-state index < -0.39 is 0 Å². The number of likely N-dealkylation sites (tertiary alicyclic amines) is 1. The van der Waals surface area contributed by atoms with E-state index in [9.17, 15) is 9.90 Å². The second-order valence-corrected chi connectivity index (χ2v) is 5.15. The highest BCUT2D eigenvalue weighted by molar-refractivity contribution is 5.96. The number of carbonyl (C=O) groups is 1. The summed E-state index contributed by atoms with van der Waals surface area (Å²) in [6.45, 7) is 0.733. The minimum atomic E-state index is -0.0535. The topological polar surface area (TPSA) is 69.8 Å². The lowest BCUT2D eigenvalue weighted by molar-refractivity contribution is 0.0677. The third kappa shape index (κ3) is 2.66. The van der Waals surface area contributed by atoms with E-state index in [1.807, 2.05) is 25.1 Å². The van der Waals surface area contributed by atoms with Gasteiger partial charge in [0.05, 0.1) is 24.0 Å². The van der Waals surface area contributed by atoms with Crippen molar-refractivity contribution in [2.75, 3.05) is 37.9 Å². The highest BCUT2D eigenvalue weighted by Crippen LogP contribution is 2.25. The molecule has 2 rings (SSSR count). The van der Waals surface area contributed by atoms with Crippen LogP contribution in [0.25, 0.3) is 0 Å². The molecule has 1 saturated heterocycles. The number of nitrogens with two attached hydrogens (primary N) is 1. The molecule has 1 aromatic carbocycles. The fourth-order valence-electron chi connectivity index (χ4n) is 2.55. The summed E-state index contributed by atoms with van der Waals surface area (Å²) in [4.78, 5) is 16.0. The Balaban J connectivity index is 2.22. The molecule has 1 aliphatic rings. The number of nitrogens with zero attached hydrogens (tertiary/aromatic N) is 2. The lowest BCUT2D eigenvalue weighted by Gasteiger charge is -2.24. The van der Waals surface area contributed by atoms with Gasteiger partial charge in [0.2, 0.25) is 0 Å². The Labute approximate surface area is 113 Å². The first-order valence-electron chi connectivity index (χ1n) is 6.53. The number of hydrogen-bond donors (Lipinski definition) is 2. The summed E-state index contributed by atoms with van der Waals surface area (Å²) >= 11 is 0. The molecule has 1 amide bonds. The molecule has 0 saturated carbocycles. The zero-order chi connectivity index (χ0) is 14.0. The molecule has 19 heavy (non-hydrogen) atoms. The SMILES string of the molecule is CN(C)c1ccc(C(=O)N2CCC[C@H]2CO)cc1N. The molecule has 1 atom stereocenters. The van der Waals surface area contributed by atoms with E-state index in [1.54, 1.807) is 17.0 Å². The molecule has 0 aromatic heterocycles. The average molecular weight is 263 g/mol. The number of anilines is 2. The van der Waals surface area contributed by atoms with Crippen molar-refractivity contribution in [3.8, 4) is 0 Å². The van der Waals surface area contributed by atoms with Crippen molar-refractivity contribution >= 4 is 17.3 Å². The molecule has 3 N–H and O–H groups in total. The van der Waals surface area contributed by atoms with Gasteiger partial charge in [0, 0.05) is 26.2 Å². The van der Waals surface area contributed by atoms with Gasteiger partial charge in [-0.05, 0) is 31.0 Å². The highest BCUT2D eigenvalue weighted by atomic mass is 16.3. The van der Waals surface area contributed by atoms with Crippen LogP contribution in [0.3, 0.4) is 0 Å². The monoisotopic (exact) mass is 263 g/mol. The van der Waals surface area contributed by atoms with Crippen molar-refractivity contribution in [3.05, 3.63) is 23.8 Å². The van der Waals surface area contributed by atoms with E-state index >= 15 is 0 Å². The third-order valence-electron chi connectivity index (χ3n) is 3.61. The van der Waals surface area contributed by atoms with E-state index in [0.29, 0.717) is 17.8 Å². The molecule has 1 heterocycles. The van der Waals surface area contributed by atoms with Crippen LogP contribution in [0, 0.1) is 0 Å². The first-order chi connectivity index (χ1) is 9.04. The molecule has 104 valence electrons. The molecule has 0 spiro atoms. The van der Waals surface area contributed by atoms with Crippen LogP contribution >= 0.6 is 0 Å². The van der Waals surface area contributed by atoms with Crippen LogP contribution in [-0.2, 0) is 0 Å². The Morgan fingerprint density at radius 2 is 2.26 bits per heavy atom. The first-order valence-corrected chi connectivity index (χ1v) is 6.53. The van der Waals surface area contributed by atoms with Crippen molar-refractivity contribution in [1.82, 2.24) is 4.90 Å². The Morgan fingerprint density at radius 3 is 2.84 bits per heavy atom. The summed E-state index contributed by atoms with van der Waals surface area (Å²) < 4.78 is 0. The number of aliphatic hydroxyl groups is 1. The van der Waals surface area contributed by atoms with E-state index in [-0.39, 0.29) is 18.6 Å². The van der Waals surface area contributed by atoms with Gasteiger partial charge in [0.25, 0.3) is 5.91 Å². The van der Waals surface area contributed by atoms with Crippen LogP contribution in [0.15, 0.2) is 18.2 Å². The fourth-order valence-corrected chi connectivity index (χ4v) is 2.55. The maximum absolute atomic E-state index is 12.4. The second-order valence-electron chi connectivity index (χ2n) is 5.15. The molecule has 5 nitrogen and oxygen atoms in total. The number of benzene rings is 1. The van der Waals surface area contributed by atoms with Gasteiger partial charge in [-0.2, -0.15) is 0 Å². The number of hydrogen-bond acceptors (Lipinski definition) is 4. The largest absolute Gasteiger partial charge is 0.397 e. The minimum Gasteiger partial charge on any atom is -0.397 e. The molecule has 1 aromatic rings. The van der Waals surface area contributed by atoms with Gasteiger partial charge in [0.15, 0.2) is 0 Å². The normalized spacial score (nSPS) is 18.7. The lowest BCUT2D eigenvalue weighted by Crippen LogP contribution is -2.37. The summed E-state index contributed by atoms with van der Waals surface area (Å²) in [6, 6.07) is 5.31. The molecular formula is C14H21N3O2. The molecule has 1 fully saturated rings. The summed E-state index contributed by atoms with van der Waals surface area (Å²) in [5.74, 6) is -0.0476. The number of amides is 1. The van der Waals surface area contributed by atoms with Crippen LogP contribution in [-0.4, -0.2) is 49.2 Å². The summed E-state index contributed by atoms with van der Waals surface area (Å²) in [6.07, 6.45) is 1.82. The van der Waals surface area contributed by atoms with Gasteiger partial charge in [-0.3, -0.25) is 4.79 Å². The Hall–Kier alpha value is -1.75. The number of carbonyl (C=O) groups excluding carboxylic acids is 1. The van der Waals surface area contributed by atoms with Crippen LogP contribution < -0.4 is 10.6 Å². The molecule has 1 aliphatic heterocycles. The van der Waals surface area contributed by atoms with Crippen molar-refractivity contribution < 1.29 is 9.90 Å². The molecular weight excluding hydrogens is 242 g/mol. The fraction of sp³-hybridized carbons (Fsp3) is 0.500. The van der Waals surface area contributed by atoms with Gasteiger partial charge in [-0.25, -0.2) is 0 Å². The van der Waals surface area contributed by atoms with Crippen molar-refractivity contribution in [3.63, 3.8) is 0 Å². The maximum Gasteiger partial charge on any atom is 0.254 e. The Kier molecular flexibility index (Phi) is 3.95. The van der Waals surface area contributed by atoms with Gasteiger partial charge in [0.1, 0.15) is 0 Å². The van der Waals surface area contributed by atoms with Gasteiger partial charge >= 0.3 is 0 Å². The van der Waals surface area contributed by atoms with Gasteiger partial charge in [-0.15, -0.1) is 0 Å². The molecule has 0 unspecified atom stereocenters. The van der Waals surface area contributed by atoms with Crippen LogP contribution in [0.4, 0.5) is 11.4 Å². The van der Waals surface area contributed by atoms with E-state index in [4.69, 9.17) is 5.73 Å². The van der Waals surface area contributed by atoms with Gasteiger partial charge in [-0.1, -0.05) is 0 Å². The van der Waals surface area contributed by atoms with Gasteiger partial charge < -0.3 is 20.6 Å². The van der Waals surface area contributed by atoms with E-state index in [1.165, 1.54) is 0 Å². The molecule has 0 aliphatic carbocycles. The van der Waals surface area contributed by atoms with Crippen LogP contribution in [0.2, 0.25) is 0 Å². The third-order valence-corrected chi connectivity index (χ3v) is 3.61. The number of nitrogen functional groups attached to an aromatic ring is 1. The van der Waals surface area contributed by atoms with Crippen LogP contribution in [0.1, 0.15) is 23.2 Å². The molecule has 5 heteroatoms. The Bertz CT molecular complexity index is 474. The predicted molar refractivity (Wildman–Crippen MR) is 76.3 cm³/mol.